The van der Waals surface area contributed by atoms with Crippen molar-refractivity contribution in [1.82, 2.24) is 0 Å². The minimum atomic E-state index is -0.217. The molecule has 0 amide bonds. The summed E-state index contributed by atoms with van der Waals surface area (Å²) in [5.74, 6) is 0. The Labute approximate surface area is 80.4 Å². The monoisotopic (exact) mass is 187 g/mol. The molecule has 1 aliphatic carbocycles. The molecule has 0 radical (unpaired) electrons. The molecule has 0 bridgehead atoms. The van der Waals surface area contributed by atoms with Gasteiger partial charge in [-0.15, -0.1) is 0 Å². The number of hydrogen-bond donors (Lipinski definition) is 0. The van der Waals surface area contributed by atoms with Crippen molar-refractivity contribution < 1.29 is 0 Å². The van der Waals surface area contributed by atoms with Crippen molar-refractivity contribution >= 4 is 19.8 Å². The van der Waals surface area contributed by atoms with Crippen LogP contribution in [0.3, 0.4) is 0 Å². The van der Waals surface area contributed by atoms with E-state index in [0.717, 1.165) is 12.1 Å². The molecule has 0 aromatic heterocycles. The molecule has 0 saturated carbocycles. The lowest BCUT2D eigenvalue weighted by molar-refractivity contribution is 1.41. The molecule has 0 unspecified atom stereocenters. The third-order valence-electron chi connectivity index (χ3n) is 2.13. The first-order valence-corrected chi connectivity index (χ1v) is 7.15. The summed E-state index contributed by atoms with van der Waals surface area (Å²) < 4.78 is 0. The highest BCUT2D eigenvalue weighted by atomic mass is 28.2. The quantitative estimate of drug-likeness (QED) is 0.588. The minimum Gasteiger partial charge on any atom is -0.253 e. The van der Waals surface area contributed by atoms with E-state index in [1.807, 2.05) is 0 Å². The predicted octanol–water partition coefficient (Wildman–Crippen LogP) is 2.35. The first kappa shape index (κ1) is 8.57. The normalized spacial score (nSPS) is 17.8. The average molecular weight is 187 g/mol. The second kappa shape index (κ2) is 3.38. The van der Waals surface area contributed by atoms with Crippen LogP contribution in [0.25, 0.3) is 0 Å². The fraction of sp³-hybridized carbons (Fsp3) is 0.273. The summed E-state index contributed by atoms with van der Waals surface area (Å²) in [6, 6.07) is 0. The highest BCUT2D eigenvalue weighted by Crippen LogP contribution is 2.25. The van der Waals surface area contributed by atoms with E-state index in [1.54, 1.807) is 0 Å². The smallest absolute Gasteiger partial charge is 0.0706 e. The molecule has 1 heterocycles. The lowest BCUT2D eigenvalue weighted by Gasteiger charge is -1.91. The molecule has 0 fully saturated rings. The molecular weight excluding hydrogens is 174 g/mol. The Hall–Kier alpha value is -1.02. The highest BCUT2D eigenvalue weighted by Gasteiger charge is 2.12. The number of hydrogen-bond acceptors (Lipinski definition) is 1. The number of fused-ring (bicyclic) bond motifs is 1. The van der Waals surface area contributed by atoms with Gasteiger partial charge < -0.3 is 0 Å². The number of rotatable bonds is 2. The largest absolute Gasteiger partial charge is 0.253 e. The third-order valence-corrected chi connectivity index (χ3v) is 3.15. The lowest BCUT2D eigenvalue weighted by atomic mass is 10.2. The number of nitrogens with zero attached hydrogens (tertiary/aromatic N) is 1. The summed E-state index contributed by atoms with van der Waals surface area (Å²) in [6.07, 6.45) is 9.48. The van der Waals surface area contributed by atoms with E-state index in [0.29, 0.717) is 0 Å². The van der Waals surface area contributed by atoms with Gasteiger partial charge in [-0.3, -0.25) is 4.99 Å². The molecule has 1 aliphatic heterocycles. The molecule has 2 aliphatic rings. The zero-order valence-corrected chi connectivity index (χ0v) is 9.04. The second-order valence-corrected chi connectivity index (χ2v) is 6.16. The van der Waals surface area contributed by atoms with Gasteiger partial charge in [-0.05, 0) is 20.6 Å². The van der Waals surface area contributed by atoms with Gasteiger partial charge in [0.2, 0.25) is 0 Å². The first-order valence-electron chi connectivity index (χ1n) is 4.57. The van der Waals surface area contributed by atoms with E-state index in [1.165, 1.54) is 11.3 Å². The Morgan fingerprint density at radius 2 is 2.31 bits per heavy atom. The molecule has 1 nitrogen and oxygen atoms in total. The Morgan fingerprint density at radius 3 is 3.00 bits per heavy atom. The van der Waals surface area contributed by atoms with Crippen molar-refractivity contribution in [3.8, 4) is 0 Å². The van der Waals surface area contributed by atoms with Crippen LogP contribution in [-0.2, 0) is 0 Å². The topological polar surface area (TPSA) is 12.4 Å². The van der Waals surface area contributed by atoms with Crippen LogP contribution in [0.4, 0.5) is 0 Å². The molecular formula is C11H13NSi. The summed E-state index contributed by atoms with van der Waals surface area (Å²) in [5.41, 5.74) is 6.04. The van der Waals surface area contributed by atoms with Crippen LogP contribution in [0, 0.1) is 0 Å². The summed E-state index contributed by atoms with van der Waals surface area (Å²) in [7, 11) is -0.217. The Balaban J connectivity index is 2.10. The SMILES string of the molecule is C[Si](C)=CCC1=NC2=CC=CC2=C1. The van der Waals surface area contributed by atoms with Crippen LogP contribution < -0.4 is 0 Å². The van der Waals surface area contributed by atoms with Crippen molar-refractivity contribution in [2.24, 2.45) is 4.99 Å². The van der Waals surface area contributed by atoms with Gasteiger partial charge in [-0.1, -0.05) is 30.9 Å². The third kappa shape index (κ3) is 1.83. The van der Waals surface area contributed by atoms with Crippen molar-refractivity contribution in [3.05, 3.63) is 35.6 Å². The van der Waals surface area contributed by atoms with Gasteiger partial charge in [-0.25, -0.2) is 0 Å². The van der Waals surface area contributed by atoms with Crippen LogP contribution >= 0.6 is 0 Å². The van der Waals surface area contributed by atoms with Gasteiger partial charge in [0.05, 0.1) is 5.70 Å². The van der Waals surface area contributed by atoms with E-state index >= 15 is 0 Å². The van der Waals surface area contributed by atoms with Crippen LogP contribution in [0.15, 0.2) is 40.6 Å². The van der Waals surface area contributed by atoms with Crippen molar-refractivity contribution in [2.75, 3.05) is 0 Å². The highest BCUT2D eigenvalue weighted by molar-refractivity contribution is 6.64. The van der Waals surface area contributed by atoms with E-state index < -0.39 is 0 Å². The van der Waals surface area contributed by atoms with Crippen molar-refractivity contribution in [2.45, 2.75) is 19.5 Å². The maximum absolute atomic E-state index is 4.53. The molecule has 66 valence electrons. The molecule has 2 heteroatoms. The van der Waals surface area contributed by atoms with E-state index in [2.05, 4.69) is 48.1 Å². The number of allylic oxidation sites excluding steroid dienone is 4. The molecule has 13 heavy (non-hydrogen) atoms. The van der Waals surface area contributed by atoms with Crippen molar-refractivity contribution in [3.63, 3.8) is 0 Å². The number of aliphatic imine (C=N–C) groups is 1. The standard InChI is InChI=1S/C11H13NSi/c1-13(2)7-6-10-8-9-4-3-5-11(9)12-10/h3-5,7-8H,6H2,1-2H3. The predicted molar refractivity (Wildman–Crippen MR) is 60.9 cm³/mol. The molecule has 0 N–H and O–H groups in total. The van der Waals surface area contributed by atoms with Gasteiger partial charge in [0.25, 0.3) is 0 Å². The van der Waals surface area contributed by atoms with Gasteiger partial charge in [0.15, 0.2) is 0 Å². The Bertz CT molecular complexity index is 377. The maximum Gasteiger partial charge on any atom is 0.0706 e. The van der Waals surface area contributed by atoms with Crippen LogP contribution in [0.2, 0.25) is 13.1 Å². The fourth-order valence-corrected chi connectivity index (χ4v) is 2.05. The van der Waals surface area contributed by atoms with Crippen LogP contribution in [-0.4, -0.2) is 19.8 Å². The second-order valence-electron chi connectivity index (χ2n) is 3.60. The average Bonchev–Trinajstić information content (AvgIpc) is 2.58. The van der Waals surface area contributed by atoms with Crippen LogP contribution in [0.1, 0.15) is 6.42 Å². The van der Waals surface area contributed by atoms with Crippen LogP contribution in [0.5, 0.6) is 0 Å². The van der Waals surface area contributed by atoms with E-state index in [-0.39, 0.29) is 8.41 Å². The van der Waals surface area contributed by atoms with Gasteiger partial charge in [-0.2, -0.15) is 0 Å². The first-order chi connectivity index (χ1) is 6.25. The van der Waals surface area contributed by atoms with Gasteiger partial charge in [0, 0.05) is 17.7 Å². The van der Waals surface area contributed by atoms with E-state index in [4.69, 9.17) is 0 Å². The minimum absolute atomic E-state index is 0.217. The molecule has 0 aromatic carbocycles. The maximum atomic E-state index is 4.53. The van der Waals surface area contributed by atoms with Crippen molar-refractivity contribution in [1.29, 1.82) is 0 Å². The summed E-state index contributed by atoms with van der Waals surface area (Å²) in [6.45, 7) is 4.60. The molecule has 0 aromatic rings. The molecule has 0 spiro atoms. The zero-order chi connectivity index (χ0) is 9.26. The van der Waals surface area contributed by atoms with Gasteiger partial charge >= 0.3 is 0 Å². The Kier molecular flexibility index (Phi) is 2.23. The summed E-state index contributed by atoms with van der Waals surface area (Å²) >= 11 is 0. The zero-order valence-electron chi connectivity index (χ0n) is 8.04. The Morgan fingerprint density at radius 1 is 1.46 bits per heavy atom. The fourth-order valence-electron chi connectivity index (χ4n) is 1.43. The molecule has 0 atom stereocenters. The summed E-state index contributed by atoms with van der Waals surface area (Å²) in [4.78, 5) is 4.53. The lowest BCUT2D eigenvalue weighted by Crippen LogP contribution is -1.98. The molecule has 2 rings (SSSR count). The summed E-state index contributed by atoms with van der Waals surface area (Å²) in [5, 5.41) is 0. The van der Waals surface area contributed by atoms with Gasteiger partial charge in [0.1, 0.15) is 0 Å². The van der Waals surface area contributed by atoms with E-state index in [9.17, 15) is 0 Å². The molecule has 0 saturated heterocycles.